The van der Waals surface area contributed by atoms with Crippen molar-refractivity contribution in [3.05, 3.63) is 80.1 Å². The maximum absolute atomic E-state index is 12.1. The number of halogens is 2. The Labute approximate surface area is 241 Å². The zero-order valence-electron chi connectivity index (χ0n) is 20.9. The largest absolute Gasteiger partial charge is 0.497 e. The Morgan fingerprint density at radius 2 is 1.77 bits per heavy atom. The van der Waals surface area contributed by atoms with Crippen molar-refractivity contribution in [2.24, 2.45) is 0 Å². The monoisotopic (exact) mass is 632 g/mol. The molecular formula is C27H22BrClN2O7S. The van der Waals surface area contributed by atoms with Crippen LogP contribution in [0.15, 0.2) is 73.6 Å². The molecule has 0 aliphatic rings. The Morgan fingerprint density at radius 3 is 2.41 bits per heavy atom. The maximum atomic E-state index is 12.1. The lowest BCUT2D eigenvalue weighted by Gasteiger charge is -2.14. The van der Waals surface area contributed by atoms with Gasteiger partial charge in [0, 0.05) is 22.2 Å². The molecule has 0 saturated heterocycles. The molecule has 4 aromatic rings. The molecule has 1 heterocycles. The number of aromatic nitrogens is 2. The molecule has 202 valence electrons. The summed E-state index contributed by atoms with van der Waals surface area (Å²) in [5, 5.41) is 18.5. The predicted octanol–water partition coefficient (Wildman–Crippen LogP) is 6.98. The molecule has 1 aromatic heterocycles. The van der Waals surface area contributed by atoms with Crippen molar-refractivity contribution in [2.45, 2.75) is 11.8 Å². The Morgan fingerprint density at radius 1 is 1.05 bits per heavy atom. The first-order valence-electron chi connectivity index (χ1n) is 11.2. The Balaban J connectivity index is 1.57. The van der Waals surface area contributed by atoms with E-state index in [4.69, 9.17) is 35.0 Å². The van der Waals surface area contributed by atoms with Crippen molar-refractivity contribution in [3.63, 3.8) is 0 Å². The highest BCUT2D eigenvalue weighted by Crippen LogP contribution is 2.39. The van der Waals surface area contributed by atoms with Gasteiger partial charge in [0.25, 0.3) is 5.22 Å². The molecule has 1 N–H and O–H groups in total. The second-order valence-corrected chi connectivity index (χ2v) is 10.1. The van der Waals surface area contributed by atoms with E-state index < -0.39 is 5.97 Å². The minimum Gasteiger partial charge on any atom is -0.497 e. The van der Waals surface area contributed by atoms with E-state index in [1.807, 2.05) is 18.2 Å². The van der Waals surface area contributed by atoms with Gasteiger partial charge in [0.05, 0.1) is 25.8 Å². The maximum Gasteiger partial charge on any atom is 0.342 e. The third-order valence-electron chi connectivity index (χ3n) is 5.29. The van der Waals surface area contributed by atoms with Crippen molar-refractivity contribution < 1.29 is 33.3 Å². The number of carbonyl (C=O) groups is 1. The number of nitrogens with zero attached hydrogens (tertiary/aromatic N) is 2. The fourth-order valence-electron chi connectivity index (χ4n) is 3.41. The summed E-state index contributed by atoms with van der Waals surface area (Å²) in [6.07, 6.45) is 1.47. The van der Waals surface area contributed by atoms with Crippen LogP contribution in [0.4, 0.5) is 0 Å². The summed E-state index contributed by atoms with van der Waals surface area (Å²) in [6, 6.07) is 15.9. The van der Waals surface area contributed by atoms with Gasteiger partial charge in [0.1, 0.15) is 23.0 Å². The van der Waals surface area contributed by atoms with Crippen molar-refractivity contribution in [3.8, 4) is 34.5 Å². The van der Waals surface area contributed by atoms with E-state index in [1.54, 1.807) is 36.4 Å². The number of benzene rings is 3. The molecular weight excluding hydrogens is 612 g/mol. The van der Waals surface area contributed by atoms with Gasteiger partial charge in [-0.2, -0.15) is 0 Å². The van der Waals surface area contributed by atoms with Gasteiger partial charge in [-0.1, -0.05) is 29.8 Å². The summed E-state index contributed by atoms with van der Waals surface area (Å²) < 4.78 is 28.3. The van der Waals surface area contributed by atoms with Crippen LogP contribution in [0.25, 0.3) is 17.5 Å². The van der Waals surface area contributed by atoms with Gasteiger partial charge in [0.2, 0.25) is 5.89 Å². The Hall–Kier alpha value is -3.67. The number of hydrogen-bond acceptors (Lipinski definition) is 9. The SMILES string of the molecule is COc1cc(OC)cc(-c2nnc(S/C(=C\c3cc(Br)c(OCc4ccccc4Cl)c(OC)c3)C(=O)O)o2)c1. The van der Waals surface area contributed by atoms with E-state index in [1.165, 1.54) is 27.4 Å². The summed E-state index contributed by atoms with van der Waals surface area (Å²) in [5.74, 6) is 0.961. The average molecular weight is 634 g/mol. The van der Waals surface area contributed by atoms with Crippen LogP contribution in [-0.4, -0.2) is 42.6 Å². The number of hydrogen-bond donors (Lipinski definition) is 1. The quantitative estimate of drug-likeness (QED) is 0.137. The first-order chi connectivity index (χ1) is 18.8. The molecule has 3 aromatic carbocycles. The van der Waals surface area contributed by atoms with E-state index in [2.05, 4.69) is 26.1 Å². The van der Waals surface area contributed by atoms with Gasteiger partial charge < -0.3 is 28.5 Å². The number of aliphatic carboxylic acids is 1. The summed E-state index contributed by atoms with van der Waals surface area (Å²) >= 11 is 10.5. The van der Waals surface area contributed by atoms with Crippen molar-refractivity contribution in [1.82, 2.24) is 10.2 Å². The molecule has 9 nitrogen and oxygen atoms in total. The average Bonchev–Trinajstić information content (AvgIpc) is 3.41. The van der Waals surface area contributed by atoms with Crippen LogP contribution >= 0.6 is 39.3 Å². The summed E-state index contributed by atoms with van der Waals surface area (Å²) in [6.45, 7) is 0.221. The van der Waals surface area contributed by atoms with Crippen molar-refractivity contribution in [1.29, 1.82) is 0 Å². The molecule has 0 unspecified atom stereocenters. The number of methoxy groups -OCH3 is 3. The molecule has 0 radical (unpaired) electrons. The van der Waals surface area contributed by atoms with Crippen molar-refractivity contribution >= 4 is 51.3 Å². The van der Waals surface area contributed by atoms with Gasteiger partial charge in [0.15, 0.2) is 11.5 Å². The van der Waals surface area contributed by atoms with Gasteiger partial charge in [-0.25, -0.2) is 4.79 Å². The van der Waals surface area contributed by atoms with Crippen LogP contribution in [0.2, 0.25) is 5.02 Å². The molecule has 0 bridgehead atoms. The molecule has 0 amide bonds. The fourth-order valence-corrected chi connectivity index (χ4v) is 4.84. The number of carboxylic acid groups (broad SMARTS) is 1. The molecule has 39 heavy (non-hydrogen) atoms. The van der Waals surface area contributed by atoms with Gasteiger partial charge in [-0.15, -0.1) is 10.2 Å². The normalized spacial score (nSPS) is 11.3. The van der Waals surface area contributed by atoms with Crippen LogP contribution in [0.5, 0.6) is 23.0 Å². The van der Waals surface area contributed by atoms with E-state index in [-0.39, 0.29) is 22.6 Å². The van der Waals surface area contributed by atoms with Crippen LogP contribution < -0.4 is 18.9 Å². The minimum absolute atomic E-state index is 0.0474. The fraction of sp³-hybridized carbons (Fsp3) is 0.148. The third kappa shape index (κ3) is 7.05. The van der Waals surface area contributed by atoms with Gasteiger partial charge in [-0.3, -0.25) is 0 Å². The Bertz CT molecular complexity index is 1500. The highest BCUT2D eigenvalue weighted by molar-refractivity contribution is 9.10. The van der Waals surface area contributed by atoms with Crippen LogP contribution in [0, 0.1) is 0 Å². The molecule has 0 atom stereocenters. The summed E-state index contributed by atoms with van der Waals surface area (Å²) in [5.41, 5.74) is 1.92. The number of carboxylic acids is 1. The number of thioether (sulfide) groups is 1. The predicted molar refractivity (Wildman–Crippen MR) is 151 cm³/mol. The molecule has 0 fully saturated rings. The molecule has 12 heteroatoms. The molecule has 0 aliphatic heterocycles. The molecule has 0 spiro atoms. The smallest absolute Gasteiger partial charge is 0.342 e. The lowest BCUT2D eigenvalue weighted by atomic mass is 10.2. The number of ether oxygens (including phenoxy) is 4. The zero-order valence-corrected chi connectivity index (χ0v) is 24.1. The zero-order chi connectivity index (χ0) is 27.9. The van der Waals surface area contributed by atoms with Gasteiger partial charge >= 0.3 is 5.97 Å². The third-order valence-corrected chi connectivity index (χ3v) is 7.10. The van der Waals surface area contributed by atoms with E-state index in [0.717, 1.165) is 17.3 Å². The lowest BCUT2D eigenvalue weighted by molar-refractivity contribution is -0.131. The highest BCUT2D eigenvalue weighted by atomic mass is 79.9. The van der Waals surface area contributed by atoms with E-state index in [0.29, 0.717) is 43.6 Å². The topological polar surface area (TPSA) is 113 Å². The van der Waals surface area contributed by atoms with Crippen LogP contribution in [0.1, 0.15) is 11.1 Å². The number of rotatable bonds is 11. The lowest BCUT2D eigenvalue weighted by Crippen LogP contribution is -2.00. The first kappa shape index (κ1) is 28.3. The van der Waals surface area contributed by atoms with Crippen LogP contribution in [0.3, 0.4) is 0 Å². The second kappa shape index (κ2) is 12.9. The van der Waals surface area contributed by atoms with E-state index >= 15 is 0 Å². The minimum atomic E-state index is -1.17. The molecule has 0 saturated carbocycles. The Kier molecular flexibility index (Phi) is 9.39. The standard InChI is InChI=1S/C27H22BrClN2O7S/c1-34-18-11-17(12-19(13-18)35-2)25-30-31-27(38-25)39-23(26(32)33)10-15-8-20(28)24(22(9-15)36-3)37-14-16-6-4-5-7-21(16)29/h4-13H,14H2,1-3H3,(H,32,33)/b23-10-. The molecule has 0 aliphatic carbocycles. The molecule has 4 rings (SSSR count). The van der Waals surface area contributed by atoms with Crippen molar-refractivity contribution in [2.75, 3.05) is 21.3 Å². The summed E-state index contributed by atoms with van der Waals surface area (Å²) in [4.78, 5) is 12.0. The van der Waals surface area contributed by atoms with Crippen LogP contribution in [-0.2, 0) is 11.4 Å². The first-order valence-corrected chi connectivity index (χ1v) is 13.2. The summed E-state index contributed by atoms with van der Waals surface area (Å²) in [7, 11) is 4.56. The van der Waals surface area contributed by atoms with E-state index in [9.17, 15) is 9.90 Å². The van der Waals surface area contributed by atoms with Gasteiger partial charge in [-0.05, 0) is 69.7 Å². The highest BCUT2D eigenvalue weighted by Gasteiger charge is 2.19. The second-order valence-electron chi connectivity index (χ2n) is 7.80.